The zero-order valence-corrected chi connectivity index (χ0v) is 19.4. The zero-order chi connectivity index (χ0) is 22.0. The molecule has 1 fully saturated rings. The molecule has 0 saturated carbocycles. The van der Waals surface area contributed by atoms with Crippen LogP contribution in [0, 0.1) is 13.8 Å². The van der Waals surface area contributed by atoms with E-state index in [1.165, 1.54) is 9.18 Å². The number of aromatic nitrogens is 1. The quantitative estimate of drug-likeness (QED) is 0.586. The summed E-state index contributed by atoms with van der Waals surface area (Å²) in [5.41, 5.74) is 2.97. The molecule has 3 heterocycles. The highest BCUT2D eigenvalue weighted by atomic mass is 32.2. The largest absolute Gasteiger partial charge is 0.343 e. The molecule has 8 heteroatoms. The number of nitrogens with one attached hydrogen (secondary N) is 1. The van der Waals surface area contributed by atoms with Gasteiger partial charge < -0.3 is 9.88 Å². The van der Waals surface area contributed by atoms with E-state index in [2.05, 4.69) is 16.0 Å². The molecule has 164 valence electrons. The Morgan fingerprint density at radius 1 is 1.06 bits per heavy atom. The van der Waals surface area contributed by atoms with Gasteiger partial charge in [0.15, 0.2) is 0 Å². The Morgan fingerprint density at radius 2 is 1.84 bits per heavy atom. The van der Waals surface area contributed by atoms with Crippen molar-refractivity contribution in [3.05, 3.63) is 69.7 Å². The molecule has 1 N–H and O–H groups in total. The third-order valence-corrected chi connectivity index (χ3v) is 8.51. The number of carbonyl (C=O) groups excluding carboxylic acids is 1. The minimum Gasteiger partial charge on any atom is -0.343 e. The summed E-state index contributed by atoms with van der Waals surface area (Å²) in [6.07, 6.45) is 2.83. The molecular formula is C23H27N3O3S2. The molecule has 1 aliphatic heterocycles. The van der Waals surface area contributed by atoms with Crippen LogP contribution in [0.1, 0.15) is 45.9 Å². The van der Waals surface area contributed by atoms with Gasteiger partial charge in [0.2, 0.25) is 10.0 Å². The standard InChI is InChI=1S/C23H27N3O3S2/c1-17-14-22(18(2)26(17)16-20-9-7-13-30-20)23(27)24-19-8-6-10-21(15-19)31(28,29)25-11-4-3-5-12-25/h6-10,13-15H,3-5,11-12,16H2,1-2H3,(H,24,27). The Kier molecular flexibility index (Phi) is 6.31. The van der Waals surface area contributed by atoms with Gasteiger partial charge in [-0.25, -0.2) is 8.42 Å². The van der Waals surface area contributed by atoms with Crippen LogP contribution in [0.3, 0.4) is 0 Å². The van der Waals surface area contributed by atoms with Crippen molar-refractivity contribution in [3.63, 3.8) is 0 Å². The van der Waals surface area contributed by atoms with Crippen molar-refractivity contribution in [2.45, 2.75) is 44.6 Å². The number of anilines is 1. The number of benzene rings is 1. The number of hydrogen-bond acceptors (Lipinski definition) is 4. The van der Waals surface area contributed by atoms with Gasteiger partial charge in [0.25, 0.3) is 5.91 Å². The molecule has 0 spiro atoms. The number of sulfonamides is 1. The molecule has 4 rings (SSSR count). The van der Waals surface area contributed by atoms with Crippen molar-refractivity contribution in [2.75, 3.05) is 18.4 Å². The Balaban J connectivity index is 1.54. The third kappa shape index (κ3) is 4.61. The van der Waals surface area contributed by atoms with E-state index in [0.717, 1.165) is 37.2 Å². The van der Waals surface area contributed by atoms with E-state index in [-0.39, 0.29) is 10.8 Å². The number of carbonyl (C=O) groups is 1. The van der Waals surface area contributed by atoms with Gasteiger partial charge in [0.05, 0.1) is 17.0 Å². The molecular weight excluding hydrogens is 430 g/mol. The monoisotopic (exact) mass is 457 g/mol. The highest BCUT2D eigenvalue weighted by molar-refractivity contribution is 7.89. The van der Waals surface area contributed by atoms with Gasteiger partial charge in [0, 0.05) is 35.0 Å². The van der Waals surface area contributed by atoms with Crippen molar-refractivity contribution >= 4 is 33.0 Å². The molecule has 1 amide bonds. The Hall–Kier alpha value is -2.42. The van der Waals surface area contributed by atoms with Crippen LogP contribution in [0.25, 0.3) is 0 Å². The van der Waals surface area contributed by atoms with E-state index >= 15 is 0 Å². The summed E-state index contributed by atoms with van der Waals surface area (Å²) in [6.45, 7) is 5.76. The lowest BCUT2D eigenvalue weighted by Gasteiger charge is -2.26. The van der Waals surface area contributed by atoms with Gasteiger partial charge in [-0.2, -0.15) is 4.31 Å². The highest BCUT2D eigenvalue weighted by Gasteiger charge is 2.26. The molecule has 31 heavy (non-hydrogen) atoms. The first-order chi connectivity index (χ1) is 14.9. The first-order valence-electron chi connectivity index (χ1n) is 10.5. The number of aryl methyl sites for hydroxylation is 1. The molecule has 1 aromatic carbocycles. The van der Waals surface area contributed by atoms with Crippen molar-refractivity contribution < 1.29 is 13.2 Å². The second-order valence-corrected chi connectivity index (χ2v) is 10.9. The molecule has 0 unspecified atom stereocenters. The molecule has 0 radical (unpaired) electrons. The summed E-state index contributed by atoms with van der Waals surface area (Å²) in [6, 6.07) is 12.5. The van der Waals surface area contributed by atoms with Crippen molar-refractivity contribution in [1.82, 2.24) is 8.87 Å². The fourth-order valence-electron chi connectivity index (χ4n) is 4.02. The Labute approximate surface area is 187 Å². The summed E-state index contributed by atoms with van der Waals surface area (Å²) >= 11 is 1.69. The summed E-state index contributed by atoms with van der Waals surface area (Å²) in [5, 5.41) is 4.92. The van der Waals surface area contributed by atoms with Gasteiger partial charge >= 0.3 is 0 Å². The number of piperidine rings is 1. The minimum atomic E-state index is -3.55. The molecule has 0 atom stereocenters. The maximum absolute atomic E-state index is 13.0. The molecule has 1 saturated heterocycles. The van der Waals surface area contributed by atoms with Gasteiger partial charge in [-0.15, -0.1) is 11.3 Å². The summed E-state index contributed by atoms with van der Waals surface area (Å²) < 4.78 is 29.6. The van der Waals surface area contributed by atoms with Gasteiger partial charge in [0.1, 0.15) is 0 Å². The number of thiophene rings is 1. The highest BCUT2D eigenvalue weighted by Crippen LogP contribution is 2.24. The molecule has 3 aromatic rings. The molecule has 0 bridgehead atoms. The third-order valence-electron chi connectivity index (χ3n) is 5.76. The molecule has 0 aliphatic carbocycles. The van der Waals surface area contributed by atoms with Crippen LogP contribution in [0.5, 0.6) is 0 Å². The topological polar surface area (TPSA) is 71.4 Å². The van der Waals surface area contributed by atoms with Crippen LogP contribution in [-0.4, -0.2) is 36.3 Å². The second kappa shape index (κ2) is 8.98. The maximum atomic E-state index is 13.0. The number of amides is 1. The number of rotatable bonds is 6. The van der Waals surface area contributed by atoms with E-state index in [1.54, 1.807) is 35.6 Å². The van der Waals surface area contributed by atoms with Crippen LogP contribution in [0.2, 0.25) is 0 Å². The Bertz CT molecular complexity index is 1170. The molecule has 1 aliphatic rings. The van der Waals surface area contributed by atoms with Crippen LogP contribution in [0.4, 0.5) is 5.69 Å². The van der Waals surface area contributed by atoms with Crippen LogP contribution >= 0.6 is 11.3 Å². The predicted molar refractivity (Wildman–Crippen MR) is 124 cm³/mol. The second-order valence-electron chi connectivity index (χ2n) is 7.90. The van der Waals surface area contributed by atoms with Crippen molar-refractivity contribution in [1.29, 1.82) is 0 Å². The summed E-state index contributed by atoms with van der Waals surface area (Å²) in [4.78, 5) is 14.4. The average molecular weight is 458 g/mol. The normalized spacial score (nSPS) is 15.2. The smallest absolute Gasteiger partial charge is 0.257 e. The lowest BCUT2D eigenvalue weighted by atomic mass is 10.2. The summed E-state index contributed by atoms with van der Waals surface area (Å²) in [5.74, 6) is -0.238. The number of hydrogen-bond donors (Lipinski definition) is 1. The lowest BCUT2D eigenvalue weighted by Crippen LogP contribution is -2.35. The fourth-order valence-corrected chi connectivity index (χ4v) is 6.28. The van der Waals surface area contributed by atoms with E-state index < -0.39 is 10.0 Å². The predicted octanol–water partition coefficient (Wildman–Crippen LogP) is 4.64. The van der Waals surface area contributed by atoms with E-state index in [4.69, 9.17) is 0 Å². The first-order valence-corrected chi connectivity index (χ1v) is 12.8. The first kappa shape index (κ1) is 21.8. The van der Waals surface area contributed by atoms with Gasteiger partial charge in [-0.3, -0.25) is 4.79 Å². The van der Waals surface area contributed by atoms with Gasteiger partial charge in [-0.05, 0) is 62.4 Å². The molecule has 6 nitrogen and oxygen atoms in total. The van der Waals surface area contributed by atoms with Crippen molar-refractivity contribution in [3.8, 4) is 0 Å². The maximum Gasteiger partial charge on any atom is 0.257 e. The minimum absolute atomic E-state index is 0.218. The average Bonchev–Trinajstić information content (AvgIpc) is 3.38. The van der Waals surface area contributed by atoms with E-state index in [0.29, 0.717) is 24.3 Å². The van der Waals surface area contributed by atoms with E-state index in [1.807, 2.05) is 31.4 Å². The van der Waals surface area contributed by atoms with Crippen LogP contribution in [-0.2, 0) is 16.6 Å². The van der Waals surface area contributed by atoms with Crippen LogP contribution < -0.4 is 5.32 Å². The van der Waals surface area contributed by atoms with E-state index in [9.17, 15) is 13.2 Å². The Morgan fingerprint density at radius 3 is 2.55 bits per heavy atom. The molecule has 2 aromatic heterocycles. The SMILES string of the molecule is Cc1cc(C(=O)Nc2cccc(S(=O)(=O)N3CCCCC3)c2)c(C)n1Cc1cccs1. The lowest BCUT2D eigenvalue weighted by molar-refractivity contribution is 0.102. The van der Waals surface area contributed by atoms with Crippen molar-refractivity contribution in [2.24, 2.45) is 0 Å². The fraction of sp³-hybridized carbons (Fsp3) is 0.348. The van der Waals surface area contributed by atoms with Gasteiger partial charge in [-0.1, -0.05) is 18.6 Å². The zero-order valence-electron chi connectivity index (χ0n) is 17.8. The number of nitrogens with zero attached hydrogens (tertiary/aromatic N) is 2. The summed E-state index contributed by atoms with van der Waals surface area (Å²) in [7, 11) is -3.55. The van der Waals surface area contributed by atoms with Crippen LogP contribution in [0.15, 0.2) is 52.7 Å².